The number of nitrogens with one attached hydrogen (secondary N) is 2. The Labute approximate surface area is 208 Å². The van der Waals surface area contributed by atoms with E-state index in [9.17, 15) is 18.0 Å². The number of hydrogen-bond donors (Lipinski definition) is 2. The monoisotopic (exact) mass is 503 g/mol. The second-order valence-electron chi connectivity index (χ2n) is 10.0. The lowest BCUT2D eigenvalue weighted by molar-refractivity contribution is -0.132. The zero-order valence-electron chi connectivity index (χ0n) is 21.1. The zero-order valence-corrected chi connectivity index (χ0v) is 22.0. The summed E-state index contributed by atoms with van der Waals surface area (Å²) in [4.78, 5) is 25.7. The third kappa shape index (κ3) is 7.40. The topological polar surface area (TPSA) is 118 Å². The highest BCUT2D eigenvalue weighted by atomic mass is 32.2. The van der Waals surface area contributed by atoms with E-state index in [1.165, 1.54) is 6.26 Å². The molecule has 1 aliphatic carbocycles. The number of anilines is 1. The van der Waals surface area contributed by atoms with Crippen molar-refractivity contribution < 1.29 is 22.5 Å². The van der Waals surface area contributed by atoms with Crippen molar-refractivity contribution in [2.45, 2.75) is 78.2 Å². The van der Waals surface area contributed by atoms with Crippen LogP contribution in [0.3, 0.4) is 0 Å². The highest BCUT2D eigenvalue weighted by molar-refractivity contribution is 7.90. The van der Waals surface area contributed by atoms with E-state index < -0.39 is 9.84 Å². The van der Waals surface area contributed by atoms with Gasteiger partial charge in [0.2, 0.25) is 5.91 Å². The normalized spacial score (nSPS) is 16.1. The van der Waals surface area contributed by atoms with E-state index in [4.69, 9.17) is 4.52 Å². The van der Waals surface area contributed by atoms with Gasteiger partial charge in [-0.15, -0.1) is 0 Å². The van der Waals surface area contributed by atoms with Crippen LogP contribution in [0.2, 0.25) is 0 Å². The number of carbonyl (C=O) groups is 2. The number of amides is 2. The van der Waals surface area contributed by atoms with Gasteiger partial charge in [0.1, 0.15) is 21.2 Å². The molecule has 1 fully saturated rings. The molecule has 3 rings (SSSR count). The number of aromatic nitrogens is 1. The number of nitrogens with zero attached hydrogens (tertiary/aromatic N) is 1. The van der Waals surface area contributed by atoms with Crippen LogP contribution in [-0.4, -0.2) is 43.4 Å². The van der Waals surface area contributed by atoms with Crippen LogP contribution in [0, 0.1) is 19.3 Å². The van der Waals surface area contributed by atoms with Crippen LogP contribution >= 0.6 is 0 Å². The molecule has 0 saturated heterocycles. The molecule has 8 nitrogen and oxygen atoms in total. The van der Waals surface area contributed by atoms with E-state index in [-0.39, 0.29) is 29.0 Å². The summed E-state index contributed by atoms with van der Waals surface area (Å²) in [6.07, 6.45) is 7.82. The average Bonchev–Trinajstić information content (AvgIpc) is 3.39. The molecular formula is C26H37N3O5S. The van der Waals surface area contributed by atoms with Crippen molar-refractivity contribution in [3.63, 3.8) is 0 Å². The summed E-state index contributed by atoms with van der Waals surface area (Å²) in [5.74, 6) is 0.491. The summed E-state index contributed by atoms with van der Waals surface area (Å²) in [7, 11) is -2.97. The van der Waals surface area contributed by atoms with Gasteiger partial charge in [-0.1, -0.05) is 36.6 Å². The maximum atomic E-state index is 13.2. The molecule has 1 aromatic heterocycles. The quantitative estimate of drug-likeness (QED) is 0.440. The average molecular weight is 504 g/mol. The first-order valence-corrected chi connectivity index (χ1v) is 14.4. The minimum Gasteiger partial charge on any atom is -0.361 e. The second-order valence-corrected chi connectivity index (χ2v) is 12.3. The lowest BCUT2D eigenvalue weighted by atomic mass is 9.80. The maximum Gasteiger partial charge on any atom is 0.261 e. The van der Waals surface area contributed by atoms with Crippen LogP contribution < -0.4 is 10.6 Å². The maximum absolute atomic E-state index is 13.2. The summed E-state index contributed by atoms with van der Waals surface area (Å²) in [5, 5.41) is 9.89. The fourth-order valence-electron chi connectivity index (χ4n) is 4.98. The molecule has 1 heterocycles. The highest BCUT2D eigenvalue weighted by Crippen LogP contribution is 2.42. The van der Waals surface area contributed by atoms with Crippen LogP contribution in [0.15, 0.2) is 28.8 Å². The predicted molar refractivity (Wildman–Crippen MR) is 136 cm³/mol. The molecule has 2 aromatic rings. The van der Waals surface area contributed by atoms with Crippen LogP contribution in [0.1, 0.15) is 79.2 Å². The van der Waals surface area contributed by atoms with E-state index in [1.807, 2.05) is 31.2 Å². The molecule has 0 spiro atoms. The molecule has 0 bridgehead atoms. The fourth-order valence-corrected chi connectivity index (χ4v) is 5.70. The van der Waals surface area contributed by atoms with Crippen LogP contribution in [0.4, 0.5) is 5.69 Å². The Morgan fingerprint density at radius 3 is 2.34 bits per heavy atom. The van der Waals surface area contributed by atoms with Crippen molar-refractivity contribution in [2.75, 3.05) is 17.3 Å². The smallest absolute Gasteiger partial charge is 0.261 e. The Morgan fingerprint density at radius 1 is 1.11 bits per heavy atom. The number of sulfone groups is 1. The zero-order chi connectivity index (χ0) is 25.6. The molecule has 0 aliphatic heterocycles. The van der Waals surface area contributed by atoms with Gasteiger partial charge in [0.15, 0.2) is 0 Å². The van der Waals surface area contributed by atoms with Crippen LogP contribution in [0.5, 0.6) is 0 Å². The molecule has 1 saturated carbocycles. The first kappa shape index (κ1) is 26.9. The van der Waals surface area contributed by atoms with Gasteiger partial charge in [0.25, 0.3) is 5.91 Å². The molecule has 35 heavy (non-hydrogen) atoms. The Balaban J connectivity index is 1.52. The number of unbranched alkanes of at least 4 members (excludes halogenated alkanes) is 1. The predicted octanol–water partition coefficient (Wildman–Crippen LogP) is 4.37. The molecule has 9 heteroatoms. The molecular weight excluding hydrogens is 466 g/mol. The lowest BCUT2D eigenvalue weighted by Gasteiger charge is -2.29. The molecule has 2 amide bonds. The van der Waals surface area contributed by atoms with E-state index >= 15 is 0 Å². The molecule has 0 unspecified atom stereocenters. The van der Waals surface area contributed by atoms with Crippen LogP contribution in [-0.2, 0) is 21.1 Å². The van der Waals surface area contributed by atoms with Crippen molar-refractivity contribution in [1.82, 2.24) is 10.5 Å². The number of rotatable bonds is 11. The first-order chi connectivity index (χ1) is 16.5. The highest BCUT2D eigenvalue weighted by Gasteiger charge is 2.40. The van der Waals surface area contributed by atoms with E-state index in [1.54, 1.807) is 13.8 Å². The Hall–Kier alpha value is -2.68. The van der Waals surface area contributed by atoms with Crippen molar-refractivity contribution in [3.05, 3.63) is 46.8 Å². The fraction of sp³-hybridized carbons (Fsp3) is 0.577. The van der Waals surface area contributed by atoms with Gasteiger partial charge < -0.3 is 15.2 Å². The Morgan fingerprint density at radius 2 is 1.77 bits per heavy atom. The van der Waals surface area contributed by atoms with Gasteiger partial charge in [0.05, 0.1) is 5.69 Å². The molecule has 1 aliphatic rings. The molecule has 1 aromatic carbocycles. The van der Waals surface area contributed by atoms with Gasteiger partial charge in [-0.05, 0) is 70.6 Å². The lowest BCUT2D eigenvalue weighted by Crippen LogP contribution is -2.44. The third-order valence-corrected chi connectivity index (χ3v) is 7.88. The van der Waals surface area contributed by atoms with Crippen molar-refractivity contribution in [3.8, 4) is 0 Å². The number of aryl methyl sites for hydroxylation is 2. The Kier molecular flexibility index (Phi) is 8.74. The van der Waals surface area contributed by atoms with E-state index in [0.717, 1.165) is 44.1 Å². The molecule has 0 radical (unpaired) electrons. The Bertz CT molecular complexity index is 1110. The number of hydrogen-bond acceptors (Lipinski definition) is 6. The van der Waals surface area contributed by atoms with E-state index in [2.05, 4.69) is 15.8 Å². The van der Waals surface area contributed by atoms with Gasteiger partial charge in [-0.3, -0.25) is 9.59 Å². The number of carbonyl (C=O) groups excluding carboxylic acids is 2. The van der Waals surface area contributed by atoms with Crippen molar-refractivity contribution in [1.29, 1.82) is 0 Å². The van der Waals surface area contributed by atoms with Crippen LogP contribution in [0.25, 0.3) is 0 Å². The molecule has 1 atom stereocenters. The van der Waals surface area contributed by atoms with Crippen molar-refractivity contribution >= 4 is 27.3 Å². The van der Waals surface area contributed by atoms with Crippen molar-refractivity contribution in [2.24, 2.45) is 5.41 Å². The SMILES string of the molecule is Cc1noc(C)c1C(=O)Nc1ccc(C[C@@H](C)NC(=O)C2(CCCCS(C)(=O)=O)CCCC2)cc1. The standard InChI is InChI=1S/C26H37N3O5S/c1-18(27-25(31)26(13-5-6-14-26)15-7-8-16-35(4,32)33)17-21-9-11-22(12-10-21)28-24(30)23-19(2)29-34-20(23)3/h9-12,18H,5-8,13-17H2,1-4H3,(H,27,31)(H,28,30)/t18-/m1/s1. The summed E-state index contributed by atoms with van der Waals surface area (Å²) in [5.41, 5.74) is 2.35. The van der Waals surface area contributed by atoms with Gasteiger partial charge in [-0.25, -0.2) is 8.42 Å². The van der Waals surface area contributed by atoms with E-state index in [0.29, 0.717) is 35.5 Å². The second kappa shape index (κ2) is 11.4. The summed E-state index contributed by atoms with van der Waals surface area (Å²) in [6, 6.07) is 7.55. The first-order valence-electron chi connectivity index (χ1n) is 12.3. The molecule has 192 valence electrons. The summed E-state index contributed by atoms with van der Waals surface area (Å²) >= 11 is 0. The number of benzene rings is 1. The van der Waals surface area contributed by atoms with Gasteiger partial charge in [0, 0.05) is 29.2 Å². The van der Waals surface area contributed by atoms with Gasteiger partial charge in [-0.2, -0.15) is 0 Å². The minimum absolute atomic E-state index is 0.0428. The summed E-state index contributed by atoms with van der Waals surface area (Å²) < 4.78 is 27.9. The third-order valence-electron chi connectivity index (χ3n) is 6.85. The summed E-state index contributed by atoms with van der Waals surface area (Å²) in [6.45, 7) is 5.44. The van der Waals surface area contributed by atoms with Gasteiger partial charge >= 0.3 is 0 Å². The minimum atomic E-state index is -2.97. The largest absolute Gasteiger partial charge is 0.361 e. The molecule has 2 N–H and O–H groups in total.